The molecule has 0 rings (SSSR count). The van der Waals surface area contributed by atoms with Crippen molar-refractivity contribution in [1.29, 1.82) is 0 Å². The van der Waals surface area contributed by atoms with Gasteiger partial charge in [0, 0.05) is 6.54 Å². The molecule has 0 aromatic heterocycles. The maximum Gasteiger partial charge on any atom is 0.327 e. The zero-order valence-electron chi connectivity index (χ0n) is 9.99. The van der Waals surface area contributed by atoms with Gasteiger partial charge in [0.15, 0.2) is 0 Å². The smallest absolute Gasteiger partial charge is 0.327 e. The molecule has 6 heteroatoms. The molecule has 1 amide bonds. The van der Waals surface area contributed by atoms with E-state index >= 15 is 0 Å². The minimum Gasteiger partial charge on any atom is -0.480 e. The molecule has 0 aliphatic heterocycles. The summed E-state index contributed by atoms with van der Waals surface area (Å²) in [6.45, 7) is 3.88. The summed E-state index contributed by atoms with van der Waals surface area (Å²) in [6, 6.07) is -1.40. The molecule has 0 radical (unpaired) electrons. The van der Waals surface area contributed by atoms with Crippen molar-refractivity contribution < 1.29 is 14.7 Å². The Hall–Kier alpha value is -1.14. The number of rotatable bonds is 7. The lowest BCUT2D eigenvalue weighted by atomic mass is 10.0. The SMILES string of the molecule is CN[C@@H](CC(C)C)C(=O)N[C@H](CN)C(=O)O. The third-order valence-electron chi connectivity index (χ3n) is 2.22. The van der Waals surface area contributed by atoms with Crippen molar-refractivity contribution in [2.45, 2.75) is 32.4 Å². The van der Waals surface area contributed by atoms with Crippen LogP contribution in [0.5, 0.6) is 0 Å². The van der Waals surface area contributed by atoms with Crippen LogP contribution >= 0.6 is 0 Å². The molecule has 0 saturated carbocycles. The van der Waals surface area contributed by atoms with Crippen LogP contribution in [0, 0.1) is 5.92 Å². The van der Waals surface area contributed by atoms with Gasteiger partial charge < -0.3 is 21.5 Å². The van der Waals surface area contributed by atoms with Crippen LogP contribution in [-0.2, 0) is 9.59 Å². The summed E-state index contributed by atoms with van der Waals surface area (Å²) in [7, 11) is 1.67. The van der Waals surface area contributed by atoms with Gasteiger partial charge in [0.2, 0.25) is 5.91 Å². The first-order valence-corrected chi connectivity index (χ1v) is 5.32. The van der Waals surface area contributed by atoms with Gasteiger partial charge in [-0.2, -0.15) is 0 Å². The van der Waals surface area contributed by atoms with Gasteiger partial charge in [-0.3, -0.25) is 4.79 Å². The molecule has 0 fully saturated rings. The number of hydrogen-bond acceptors (Lipinski definition) is 4. The predicted octanol–water partition coefficient (Wildman–Crippen LogP) is -0.851. The molecule has 0 spiro atoms. The number of nitrogens with one attached hydrogen (secondary N) is 2. The molecule has 0 aliphatic rings. The van der Waals surface area contributed by atoms with Crippen LogP contribution in [0.4, 0.5) is 0 Å². The molecule has 0 saturated heterocycles. The fourth-order valence-electron chi connectivity index (χ4n) is 1.32. The number of aliphatic carboxylic acids is 1. The fraction of sp³-hybridized carbons (Fsp3) is 0.800. The lowest BCUT2D eigenvalue weighted by Crippen LogP contribution is -2.52. The molecule has 5 N–H and O–H groups in total. The highest BCUT2D eigenvalue weighted by Crippen LogP contribution is 2.04. The Balaban J connectivity index is 4.34. The van der Waals surface area contributed by atoms with E-state index in [1.807, 2.05) is 13.8 Å². The highest BCUT2D eigenvalue weighted by molar-refractivity contribution is 5.87. The summed E-state index contributed by atoms with van der Waals surface area (Å²) in [5, 5.41) is 14.0. The monoisotopic (exact) mass is 231 g/mol. The van der Waals surface area contributed by atoms with E-state index in [1.165, 1.54) is 0 Å². The van der Waals surface area contributed by atoms with Crippen LogP contribution < -0.4 is 16.4 Å². The van der Waals surface area contributed by atoms with Gasteiger partial charge in [0.05, 0.1) is 6.04 Å². The van der Waals surface area contributed by atoms with Crippen molar-refractivity contribution in [2.75, 3.05) is 13.6 Å². The van der Waals surface area contributed by atoms with E-state index in [0.29, 0.717) is 12.3 Å². The molecule has 0 bridgehead atoms. The fourth-order valence-corrected chi connectivity index (χ4v) is 1.32. The third kappa shape index (κ3) is 5.09. The minimum atomic E-state index is -1.12. The highest BCUT2D eigenvalue weighted by atomic mass is 16.4. The topological polar surface area (TPSA) is 104 Å². The van der Waals surface area contributed by atoms with E-state index in [1.54, 1.807) is 7.05 Å². The molecule has 16 heavy (non-hydrogen) atoms. The van der Waals surface area contributed by atoms with Crippen LogP contribution in [0.2, 0.25) is 0 Å². The van der Waals surface area contributed by atoms with Crippen molar-refractivity contribution in [3.05, 3.63) is 0 Å². The summed E-state index contributed by atoms with van der Waals surface area (Å²) in [4.78, 5) is 22.4. The summed E-state index contributed by atoms with van der Waals surface area (Å²) >= 11 is 0. The van der Waals surface area contributed by atoms with Crippen LogP contribution in [0.25, 0.3) is 0 Å². The number of amides is 1. The van der Waals surface area contributed by atoms with E-state index in [-0.39, 0.29) is 18.5 Å². The van der Waals surface area contributed by atoms with Crippen molar-refractivity contribution in [3.8, 4) is 0 Å². The quantitative estimate of drug-likeness (QED) is 0.457. The van der Waals surface area contributed by atoms with E-state index in [0.717, 1.165) is 0 Å². The Morgan fingerprint density at radius 2 is 1.88 bits per heavy atom. The highest BCUT2D eigenvalue weighted by Gasteiger charge is 2.23. The maximum atomic E-state index is 11.7. The Labute approximate surface area is 95.6 Å². The first kappa shape index (κ1) is 14.9. The van der Waals surface area contributed by atoms with Crippen molar-refractivity contribution in [3.63, 3.8) is 0 Å². The summed E-state index contributed by atoms with van der Waals surface area (Å²) in [5.41, 5.74) is 5.25. The number of carboxylic acids is 1. The van der Waals surface area contributed by atoms with Crippen molar-refractivity contribution in [2.24, 2.45) is 11.7 Å². The van der Waals surface area contributed by atoms with Gasteiger partial charge in [-0.05, 0) is 19.4 Å². The largest absolute Gasteiger partial charge is 0.480 e. The lowest BCUT2D eigenvalue weighted by molar-refractivity contribution is -0.141. The number of carboxylic acid groups (broad SMARTS) is 1. The zero-order chi connectivity index (χ0) is 12.7. The molecule has 0 aromatic rings. The van der Waals surface area contributed by atoms with E-state index in [4.69, 9.17) is 10.8 Å². The molecular weight excluding hydrogens is 210 g/mol. The molecule has 0 aliphatic carbocycles. The Kier molecular flexibility index (Phi) is 6.67. The van der Waals surface area contributed by atoms with Gasteiger partial charge in [-0.1, -0.05) is 13.8 Å². The van der Waals surface area contributed by atoms with Gasteiger partial charge >= 0.3 is 5.97 Å². The van der Waals surface area contributed by atoms with Gasteiger partial charge in [0.25, 0.3) is 0 Å². The maximum absolute atomic E-state index is 11.7. The molecular formula is C10H21N3O3. The van der Waals surface area contributed by atoms with Crippen molar-refractivity contribution >= 4 is 11.9 Å². The number of hydrogen-bond donors (Lipinski definition) is 4. The van der Waals surface area contributed by atoms with Crippen LogP contribution in [0.1, 0.15) is 20.3 Å². The Bertz CT molecular complexity index is 243. The predicted molar refractivity (Wildman–Crippen MR) is 60.9 cm³/mol. The van der Waals surface area contributed by atoms with E-state index < -0.39 is 12.0 Å². The van der Waals surface area contributed by atoms with E-state index in [9.17, 15) is 9.59 Å². The van der Waals surface area contributed by atoms with Gasteiger partial charge in [-0.25, -0.2) is 4.79 Å². The molecule has 0 aromatic carbocycles. The van der Waals surface area contributed by atoms with Crippen LogP contribution in [-0.4, -0.2) is 42.7 Å². The Morgan fingerprint density at radius 3 is 2.19 bits per heavy atom. The molecule has 6 nitrogen and oxygen atoms in total. The second-order valence-corrected chi connectivity index (χ2v) is 4.11. The van der Waals surface area contributed by atoms with Crippen LogP contribution in [0.15, 0.2) is 0 Å². The summed E-state index contributed by atoms with van der Waals surface area (Å²) in [6.07, 6.45) is 0.652. The lowest BCUT2D eigenvalue weighted by Gasteiger charge is -2.20. The standard InChI is InChI=1S/C10H21N3O3/c1-6(2)4-7(12-3)9(14)13-8(5-11)10(15)16/h6-8,12H,4-5,11H2,1-3H3,(H,13,14)(H,15,16)/t7-,8+/m0/s1. The first-order valence-electron chi connectivity index (χ1n) is 5.32. The second kappa shape index (κ2) is 7.19. The Morgan fingerprint density at radius 1 is 1.31 bits per heavy atom. The van der Waals surface area contributed by atoms with Gasteiger partial charge in [-0.15, -0.1) is 0 Å². The first-order chi connectivity index (χ1) is 7.42. The normalized spacial score (nSPS) is 14.6. The zero-order valence-corrected chi connectivity index (χ0v) is 9.99. The molecule has 0 heterocycles. The summed E-state index contributed by atoms with van der Waals surface area (Å²) in [5.74, 6) is -1.09. The second-order valence-electron chi connectivity index (χ2n) is 4.11. The van der Waals surface area contributed by atoms with E-state index in [2.05, 4.69) is 10.6 Å². The minimum absolute atomic E-state index is 0.112. The number of likely N-dealkylation sites (N-methyl/N-ethyl adjacent to an activating group) is 1. The van der Waals surface area contributed by atoms with Crippen molar-refractivity contribution in [1.82, 2.24) is 10.6 Å². The van der Waals surface area contributed by atoms with Gasteiger partial charge in [0.1, 0.15) is 6.04 Å². The average Bonchev–Trinajstić information content (AvgIpc) is 2.21. The average molecular weight is 231 g/mol. The number of carbonyl (C=O) groups excluding carboxylic acids is 1. The van der Waals surface area contributed by atoms with Crippen LogP contribution in [0.3, 0.4) is 0 Å². The molecule has 94 valence electrons. The summed E-state index contributed by atoms with van der Waals surface area (Å²) < 4.78 is 0. The molecule has 2 atom stereocenters. The molecule has 0 unspecified atom stereocenters. The number of carbonyl (C=O) groups is 2. The third-order valence-corrected chi connectivity index (χ3v) is 2.22. The number of nitrogens with two attached hydrogens (primary N) is 1.